The summed E-state index contributed by atoms with van der Waals surface area (Å²) in [6, 6.07) is 8.72. The summed E-state index contributed by atoms with van der Waals surface area (Å²) in [5, 5.41) is 15.6. The summed E-state index contributed by atoms with van der Waals surface area (Å²) in [5.74, 6) is 1.77. The van der Waals surface area contributed by atoms with Crippen LogP contribution in [0.2, 0.25) is 0 Å². The minimum absolute atomic E-state index is 0.345. The number of thioether (sulfide) groups is 1. The summed E-state index contributed by atoms with van der Waals surface area (Å²) < 4.78 is 1.11. The third-order valence-corrected chi connectivity index (χ3v) is 4.44. The van der Waals surface area contributed by atoms with E-state index in [1.54, 1.807) is 7.05 Å². The van der Waals surface area contributed by atoms with E-state index in [0.29, 0.717) is 6.04 Å². The van der Waals surface area contributed by atoms with E-state index in [9.17, 15) is 0 Å². The van der Waals surface area contributed by atoms with Crippen LogP contribution < -0.4 is 5.32 Å². The van der Waals surface area contributed by atoms with Crippen molar-refractivity contribution in [1.82, 2.24) is 25.5 Å². The van der Waals surface area contributed by atoms with E-state index in [1.165, 1.54) is 9.69 Å². The first-order valence-electron chi connectivity index (χ1n) is 6.52. The van der Waals surface area contributed by atoms with E-state index >= 15 is 0 Å². The van der Waals surface area contributed by atoms with Crippen molar-refractivity contribution in [2.75, 3.05) is 12.3 Å². The Morgan fingerprint density at radius 3 is 2.70 bits per heavy atom. The van der Waals surface area contributed by atoms with Crippen molar-refractivity contribution >= 4 is 27.7 Å². The van der Waals surface area contributed by atoms with E-state index in [2.05, 4.69) is 67.8 Å². The second-order valence-corrected chi connectivity index (χ2v) is 6.43. The largest absolute Gasteiger partial charge is 0.313 e. The van der Waals surface area contributed by atoms with Gasteiger partial charge in [-0.25, -0.2) is 0 Å². The highest BCUT2D eigenvalue weighted by Gasteiger charge is 2.12. The van der Waals surface area contributed by atoms with Crippen LogP contribution in [0, 0.1) is 0 Å². The molecule has 5 nitrogen and oxygen atoms in total. The molecule has 0 amide bonds. The zero-order valence-electron chi connectivity index (χ0n) is 11.6. The quantitative estimate of drug-likeness (QED) is 0.772. The molecule has 1 N–H and O–H groups in total. The molecule has 1 aromatic carbocycles. The molecule has 0 fully saturated rings. The summed E-state index contributed by atoms with van der Waals surface area (Å²) in [7, 11) is 1.79. The van der Waals surface area contributed by atoms with Gasteiger partial charge < -0.3 is 5.32 Å². The maximum atomic E-state index is 4.24. The molecule has 0 spiro atoms. The van der Waals surface area contributed by atoms with Crippen LogP contribution in [0.1, 0.15) is 12.7 Å². The summed E-state index contributed by atoms with van der Waals surface area (Å²) >= 11 is 5.29. The summed E-state index contributed by atoms with van der Waals surface area (Å²) in [6.45, 7) is 3.05. The average molecular weight is 356 g/mol. The van der Waals surface area contributed by atoms with Gasteiger partial charge in [0.2, 0.25) is 0 Å². The van der Waals surface area contributed by atoms with Crippen LogP contribution >= 0.6 is 27.7 Å². The maximum absolute atomic E-state index is 4.24. The van der Waals surface area contributed by atoms with Crippen molar-refractivity contribution in [2.24, 2.45) is 7.05 Å². The SMILES string of the molecule is CCNC(CSc1ccc(Br)cc1)Cc1nnn(C)n1. The van der Waals surface area contributed by atoms with E-state index in [1.807, 2.05) is 11.8 Å². The second kappa shape index (κ2) is 7.75. The molecule has 2 rings (SSSR count). The standard InChI is InChI=1S/C13H18BrN5S/c1-3-15-11(8-13-16-18-19(2)17-13)9-20-12-6-4-10(14)5-7-12/h4-7,11,15H,3,8-9H2,1-2H3. The smallest absolute Gasteiger partial charge is 0.176 e. The number of rotatable bonds is 7. The molecule has 0 aliphatic carbocycles. The van der Waals surface area contributed by atoms with Gasteiger partial charge in [0.15, 0.2) is 5.82 Å². The van der Waals surface area contributed by atoms with Crippen LogP contribution in [0.15, 0.2) is 33.6 Å². The van der Waals surface area contributed by atoms with Gasteiger partial charge in [0.1, 0.15) is 0 Å². The first-order valence-corrected chi connectivity index (χ1v) is 8.30. The highest BCUT2D eigenvalue weighted by molar-refractivity contribution is 9.10. The monoisotopic (exact) mass is 355 g/mol. The van der Waals surface area contributed by atoms with Crippen LogP contribution in [0.5, 0.6) is 0 Å². The fourth-order valence-electron chi connectivity index (χ4n) is 1.83. The predicted octanol–water partition coefficient (Wildman–Crippen LogP) is 2.29. The molecule has 0 aliphatic heterocycles. The maximum Gasteiger partial charge on any atom is 0.176 e. The number of nitrogens with zero attached hydrogens (tertiary/aromatic N) is 4. The third kappa shape index (κ3) is 4.88. The Bertz CT molecular complexity index is 528. The molecule has 2 aromatic rings. The minimum Gasteiger partial charge on any atom is -0.313 e. The third-order valence-electron chi connectivity index (χ3n) is 2.74. The topological polar surface area (TPSA) is 55.6 Å². The zero-order chi connectivity index (χ0) is 14.4. The highest BCUT2D eigenvalue weighted by atomic mass is 79.9. The van der Waals surface area contributed by atoms with Crippen LogP contribution in [0.4, 0.5) is 0 Å². The molecular weight excluding hydrogens is 338 g/mol. The fraction of sp³-hybridized carbons (Fsp3) is 0.462. The van der Waals surface area contributed by atoms with E-state index in [4.69, 9.17) is 0 Å². The van der Waals surface area contributed by atoms with Gasteiger partial charge in [-0.3, -0.25) is 0 Å². The van der Waals surface area contributed by atoms with Gasteiger partial charge in [0.25, 0.3) is 0 Å². The Hall–Kier alpha value is -0.920. The molecular formula is C13H18BrN5S. The molecule has 1 aromatic heterocycles. The predicted molar refractivity (Wildman–Crippen MR) is 84.8 cm³/mol. The Kier molecular flexibility index (Phi) is 6.00. The molecule has 20 heavy (non-hydrogen) atoms. The molecule has 0 saturated carbocycles. The molecule has 0 radical (unpaired) electrons. The first kappa shape index (κ1) is 15.5. The lowest BCUT2D eigenvalue weighted by molar-refractivity contribution is 0.556. The van der Waals surface area contributed by atoms with Crippen LogP contribution in [0.25, 0.3) is 0 Å². The van der Waals surface area contributed by atoms with E-state index in [-0.39, 0.29) is 0 Å². The first-order chi connectivity index (χ1) is 9.67. The van der Waals surface area contributed by atoms with Crippen molar-refractivity contribution in [3.63, 3.8) is 0 Å². The summed E-state index contributed by atoms with van der Waals surface area (Å²) in [4.78, 5) is 2.77. The lowest BCUT2D eigenvalue weighted by atomic mass is 10.2. The number of hydrogen-bond acceptors (Lipinski definition) is 5. The molecule has 1 heterocycles. The fourth-order valence-corrected chi connectivity index (χ4v) is 3.05. The lowest BCUT2D eigenvalue weighted by Crippen LogP contribution is -2.33. The number of tetrazole rings is 1. The van der Waals surface area contributed by atoms with Gasteiger partial charge in [-0.15, -0.1) is 22.0 Å². The number of benzene rings is 1. The van der Waals surface area contributed by atoms with Gasteiger partial charge >= 0.3 is 0 Å². The van der Waals surface area contributed by atoms with Crippen molar-refractivity contribution in [1.29, 1.82) is 0 Å². The van der Waals surface area contributed by atoms with Gasteiger partial charge in [-0.05, 0) is 36.0 Å². The lowest BCUT2D eigenvalue weighted by Gasteiger charge is -2.15. The molecule has 0 saturated heterocycles. The molecule has 1 atom stereocenters. The second-order valence-electron chi connectivity index (χ2n) is 4.42. The van der Waals surface area contributed by atoms with Gasteiger partial charge in [-0.2, -0.15) is 4.80 Å². The molecule has 0 aliphatic rings. The van der Waals surface area contributed by atoms with E-state index in [0.717, 1.165) is 29.0 Å². The van der Waals surface area contributed by atoms with Gasteiger partial charge in [0, 0.05) is 27.6 Å². The van der Waals surface area contributed by atoms with Gasteiger partial charge in [-0.1, -0.05) is 22.9 Å². The number of aryl methyl sites for hydroxylation is 1. The van der Waals surface area contributed by atoms with Crippen molar-refractivity contribution in [3.8, 4) is 0 Å². The molecule has 1 unspecified atom stereocenters. The number of halogens is 1. The number of hydrogen-bond donors (Lipinski definition) is 1. The van der Waals surface area contributed by atoms with Crippen LogP contribution in [0.3, 0.4) is 0 Å². The van der Waals surface area contributed by atoms with Gasteiger partial charge in [0.05, 0.1) is 7.05 Å². The number of likely N-dealkylation sites (N-methyl/N-ethyl adjacent to an activating group) is 1. The van der Waals surface area contributed by atoms with Crippen molar-refractivity contribution in [3.05, 3.63) is 34.6 Å². The zero-order valence-corrected chi connectivity index (χ0v) is 14.0. The Balaban J connectivity index is 1.90. The molecule has 7 heteroatoms. The molecule has 108 valence electrons. The highest BCUT2D eigenvalue weighted by Crippen LogP contribution is 2.21. The number of aromatic nitrogens is 4. The van der Waals surface area contributed by atoms with Crippen molar-refractivity contribution in [2.45, 2.75) is 24.3 Å². The Morgan fingerprint density at radius 2 is 2.10 bits per heavy atom. The number of nitrogens with one attached hydrogen (secondary N) is 1. The Labute approximate surface area is 131 Å². The van der Waals surface area contributed by atoms with Crippen LogP contribution in [-0.4, -0.2) is 38.5 Å². The van der Waals surface area contributed by atoms with Crippen molar-refractivity contribution < 1.29 is 0 Å². The summed E-state index contributed by atoms with van der Waals surface area (Å²) in [5.41, 5.74) is 0. The molecule has 0 bridgehead atoms. The van der Waals surface area contributed by atoms with Crippen LogP contribution in [-0.2, 0) is 13.5 Å². The Morgan fingerprint density at radius 1 is 1.35 bits per heavy atom. The van der Waals surface area contributed by atoms with E-state index < -0.39 is 0 Å². The minimum atomic E-state index is 0.345. The summed E-state index contributed by atoms with van der Waals surface area (Å²) in [6.07, 6.45) is 0.797. The normalized spacial score (nSPS) is 12.6. The average Bonchev–Trinajstić information content (AvgIpc) is 2.83.